The van der Waals surface area contributed by atoms with Crippen molar-refractivity contribution in [2.24, 2.45) is 0 Å². The highest BCUT2D eigenvalue weighted by atomic mass is 35.5. The molecule has 3 heterocycles. The van der Waals surface area contributed by atoms with E-state index in [0.29, 0.717) is 55.0 Å². The predicted octanol–water partition coefficient (Wildman–Crippen LogP) is 7.17. The van der Waals surface area contributed by atoms with Gasteiger partial charge < -0.3 is 23.4 Å². The summed E-state index contributed by atoms with van der Waals surface area (Å²) in [6, 6.07) is 17.4. The fraction of sp³-hybridized carbons (Fsp3) is 0.143. The molecule has 0 unspecified atom stereocenters. The fourth-order valence-corrected chi connectivity index (χ4v) is 4.87. The van der Waals surface area contributed by atoms with Crippen LogP contribution in [0.15, 0.2) is 71.3 Å². The van der Waals surface area contributed by atoms with Crippen LogP contribution in [0.3, 0.4) is 0 Å². The Hall–Kier alpha value is -4.28. The van der Waals surface area contributed by atoms with E-state index in [4.69, 9.17) is 35.0 Å². The predicted molar refractivity (Wildman–Crippen MR) is 146 cm³/mol. The van der Waals surface area contributed by atoms with Crippen molar-refractivity contribution in [3.63, 3.8) is 0 Å². The molecule has 8 nitrogen and oxygen atoms in total. The van der Waals surface area contributed by atoms with Gasteiger partial charge in [-0.15, -0.1) is 5.10 Å². The minimum absolute atomic E-state index is 0.0791. The summed E-state index contributed by atoms with van der Waals surface area (Å²) < 4.78 is 44.5. The molecule has 11 heteroatoms. The number of furan rings is 1. The van der Waals surface area contributed by atoms with Crippen molar-refractivity contribution in [2.75, 3.05) is 14.2 Å². The number of halogens is 2. The van der Waals surface area contributed by atoms with Crippen molar-refractivity contribution in [2.45, 2.75) is 13.2 Å². The Morgan fingerprint density at radius 3 is 2.67 bits per heavy atom. The van der Waals surface area contributed by atoms with Crippen molar-refractivity contribution < 1.29 is 27.8 Å². The molecule has 0 amide bonds. The third kappa shape index (κ3) is 5.21. The first-order chi connectivity index (χ1) is 19.0. The number of imidazole rings is 1. The monoisotopic (exact) mass is 565 g/mol. The van der Waals surface area contributed by atoms with Gasteiger partial charge in [-0.25, -0.2) is 13.9 Å². The van der Waals surface area contributed by atoms with Crippen molar-refractivity contribution in [1.29, 1.82) is 0 Å². The largest absolute Gasteiger partial charge is 0.496 e. The van der Waals surface area contributed by atoms with Gasteiger partial charge in [0.1, 0.15) is 47.6 Å². The highest BCUT2D eigenvalue weighted by Gasteiger charge is 2.17. The van der Waals surface area contributed by atoms with E-state index in [1.165, 1.54) is 17.4 Å². The van der Waals surface area contributed by atoms with E-state index in [9.17, 15) is 4.39 Å². The molecule has 3 aromatic heterocycles. The van der Waals surface area contributed by atoms with Crippen LogP contribution in [0.1, 0.15) is 11.1 Å². The molecule has 6 aromatic rings. The molecule has 3 aromatic carbocycles. The fourth-order valence-electron chi connectivity index (χ4n) is 4.02. The molecule has 0 aliphatic rings. The van der Waals surface area contributed by atoms with Crippen LogP contribution >= 0.6 is 22.9 Å². The number of benzene rings is 3. The molecule has 0 aliphatic heterocycles. The molecule has 0 saturated heterocycles. The minimum atomic E-state index is -0.408. The van der Waals surface area contributed by atoms with Gasteiger partial charge in [0.25, 0.3) is 5.19 Å². The molecule has 0 spiro atoms. The zero-order chi connectivity index (χ0) is 26.9. The molecule has 0 bridgehead atoms. The summed E-state index contributed by atoms with van der Waals surface area (Å²) in [4.78, 5) is 5.29. The Bertz CT molecular complexity index is 1770. The maximum Gasteiger partial charge on any atom is 0.294 e. The van der Waals surface area contributed by atoms with Crippen molar-refractivity contribution >= 4 is 38.9 Å². The second kappa shape index (κ2) is 10.5. The Kier molecular flexibility index (Phi) is 6.72. The summed E-state index contributed by atoms with van der Waals surface area (Å²) in [6.45, 7) is 0.342. The smallest absolute Gasteiger partial charge is 0.294 e. The average Bonchev–Trinajstić information content (AvgIpc) is 3.64. The van der Waals surface area contributed by atoms with Gasteiger partial charge in [-0.3, -0.25) is 0 Å². The molecular weight excluding hydrogens is 545 g/mol. The molecule has 198 valence electrons. The first-order valence-corrected chi connectivity index (χ1v) is 13.0. The second-order valence-corrected chi connectivity index (χ2v) is 9.89. The number of rotatable bonds is 9. The van der Waals surface area contributed by atoms with Crippen LogP contribution < -0.4 is 18.9 Å². The van der Waals surface area contributed by atoms with E-state index in [0.717, 1.165) is 10.9 Å². The zero-order valence-electron chi connectivity index (χ0n) is 20.8. The minimum Gasteiger partial charge on any atom is -0.496 e. The third-order valence-electron chi connectivity index (χ3n) is 5.96. The van der Waals surface area contributed by atoms with Gasteiger partial charge in [-0.1, -0.05) is 29.8 Å². The zero-order valence-corrected chi connectivity index (χ0v) is 22.4. The second-order valence-electron chi connectivity index (χ2n) is 8.53. The molecule has 6 rings (SSSR count). The standard InChI is InChI=1S/C28H21ClFN3O5S/c1-34-20-10-24(21-12-26(38-25(21)11-20)23-13-33-27(31-23)39-28(32-33)35-2)37-14-16-4-3-5-19(8-16)36-15-17-6-7-18(29)9-22(17)30/h3-13H,14-15H2,1-2H3. The maximum atomic E-state index is 14.1. The van der Waals surface area contributed by atoms with Crippen LogP contribution in [0.5, 0.6) is 22.4 Å². The quantitative estimate of drug-likeness (QED) is 0.184. The number of hydrogen-bond donors (Lipinski definition) is 0. The maximum absolute atomic E-state index is 14.1. The summed E-state index contributed by atoms with van der Waals surface area (Å²) in [5.41, 5.74) is 2.53. The normalized spacial score (nSPS) is 11.3. The lowest BCUT2D eigenvalue weighted by atomic mass is 10.2. The molecule has 0 fully saturated rings. The van der Waals surface area contributed by atoms with Crippen LogP contribution in [0, 0.1) is 5.82 Å². The van der Waals surface area contributed by atoms with E-state index in [-0.39, 0.29) is 13.2 Å². The highest BCUT2D eigenvalue weighted by molar-refractivity contribution is 7.18. The van der Waals surface area contributed by atoms with Crippen LogP contribution in [0.2, 0.25) is 5.02 Å². The Labute approximate surface area is 231 Å². The van der Waals surface area contributed by atoms with Gasteiger partial charge in [0.2, 0.25) is 4.96 Å². The molecule has 0 atom stereocenters. The lowest BCUT2D eigenvalue weighted by Gasteiger charge is -2.11. The van der Waals surface area contributed by atoms with Crippen molar-refractivity contribution in [1.82, 2.24) is 14.6 Å². The van der Waals surface area contributed by atoms with E-state index < -0.39 is 5.82 Å². The Morgan fingerprint density at radius 1 is 0.974 bits per heavy atom. The number of aromatic nitrogens is 3. The van der Waals surface area contributed by atoms with Gasteiger partial charge in [-0.05, 0) is 47.2 Å². The summed E-state index contributed by atoms with van der Waals surface area (Å²) in [5.74, 6) is 1.95. The number of hydrogen-bond acceptors (Lipinski definition) is 8. The van der Waals surface area contributed by atoms with E-state index in [1.807, 2.05) is 36.4 Å². The summed E-state index contributed by atoms with van der Waals surface area (Å²) in [6.07, 6.45) is 1.78. The molecule has 0 radical (unpaired) electrons. The van der Waals surface area contributed by atoms with Gasteiger partial charge in [0.15, 0.2) is 5.76 Å². The van der Waals surface area contributed by atoms with E-state index in [2.05, 4.69) is 10.1 Å². The molecule has 39 heavy (non-hydrogen) atoms. The lowest BCUT2D eigenvalue weighted by Crippen LogP contribution is -2.00. The topological polar surface area (TPSA) is 80.2 Å². The van der Waals surface area contributed by atoms with Crippen molar-refractivity contribution in [3.05, 3.63) is 88.8 Å². The molecule has 0 N–H and O–H groups in total. The van der Waals surface area contributed by atoms with Crippen LogP contribution in [-0.4, -0.2) is 28.8 Å². The van der Waals surface area contributed by atoms with E-state index >= 15 is 0 Å². The highest BCUT2D eigenvalue weighted by Crippen LogP contribution is 2.37. The first-order valence-electron chi connectivity index (χ1n) is 11.8. The van der Waals surface area contributed by atoms with Crippen LogP contribution in [-0.2, 0) is 13.2 Å². The first kappa shape index (κ1) is 25.0. The lowest BCUT2D eigenvalue weighted by molar-refractivity contribution is 0.293. The molecular formula is C28H21ClFN3O5S. The van der Waals surface area contributed by atoms with Crippen LogP contribution in [0.25, 0.3) is 27.4 Å². The molecule has 0 saturated carbocycles. The number of methoxy groups -OCH3 is 2. The number of ether oxygens (including phenoxy) is 4. The van der Waals surface area contributed by atoms with E-state index in [1.54, 1.807) is 43.1 Å². The van der Waals surface area contributed by atoms with Crippen LogP contribution in [0.4, 0.5) is 4.39 Å². The summed E-state index contributed by atoms with van der Waals surface area (Å²) in [7, 11) is 3.15. The van der Waals surface area contributed by atoms with Crippen molar-refractivity contribution in [3.8, 4) is 33.9 Å². The van der Waals surface area contributed by atoms with Gasteiger partial charge in [0.05, 0.1) is 25.8 Å². The third-order valence-corrected chi connectivity index (χ3v) is 7.08. The Balaban J connectivity index is 1.21. The number of nitrogens with zero attached hydrogens (tertiary/aromatic N) is 3. The van der Waals surface area contributed by atoms with Gasteiger partial charge in [-0.2, -0.15) is 0 Å². The summed E-state index contributed by atoms with van der Waals surface area (Å²) in [5, 5.41) is 5.96. The Morgan fingerprint density at radius 2 is 1.87 bits per heavy atom. The average molecular weight is 566 g/mol. The number of fused-ring (bicyclic) bond motifs is 2. The molecule has 0 aliphatic carbocycles. The summed E-state index contributed by atoms with van der Waals surface area (Å²) >= 11 is 7.17. The van der Waals surface area contributed by atoms with Gasteiger partial charge >= 0.3 is 0 Å². The SMILES string of the molecule is COc1cc(OCc2cccc(OCc3ccc(Cl)cc3F)c2)c2cc(-c3cn4nc(OC)sc4n3)oc2c1. The van der Waals surface area contributed by atoms with Gasteiger partial charge in [0, 0.05) is 22.7 Å².